The predicted molar refractivity (Wildman–Crippen MR) is 57.5 cm³/mol. The Kier molecular flexibility index (Phi) is 2.68. The maximum absolute atomic E-state index is 11.0. The van der Waals surface area contributed by atoms with Crippen molar-refractivity contribution >= 4 is 17.7 Å². The van der Waals surface area contributed by atoms with Gasteiger partial charge >= 0.3 is 0 Å². The van der Waals surface area contributed by atoms with Gasteiger partial charge in [0.1, 0.15) is 5.82 Å². The lowest BCUT2D eigenvalue weighted by molar-refractivity contribution is -0.117. The molecule has 2 rings (SSSR count). The highest BCUT2D eigenvalue weighted by atomic mass is 32.2. The second-order valence-electron chi connectivity index (χ2n) is 3.79. The predicted octanol–water partition coefficient (Wildman–Crippen LogP) is 0.887. The van der Waals surface area contributed by atoms with E-state index < -0.39 is 0 Å². The average molecular weight is 226 g/mol. The summed E-state index contributed by atoms with van der Waals surface area (Å²) in [7, 11) is 0. The number of amides is 1. The molecule has 82 valence electrons. The Balaban J connectivity index is 2.17. The number of carbonyl (C=O) groups excluding carboxylic acids is 1. The van der Waals surface area contributed by atoms with Crippen molar-refractivity contribution in [3.05, 3.63) is 5.82 Å². The van der Waals surface area contributed by atoms with Gasteiger partial charge in [-0.1, -0.05) is 11.8 Å². The van der Waals surface area contributed by atoms with E-state index >= 15 is 0 Å². The topological polar surface area (TPSA) is 73.8 Å². The Bertz CT molecular complexity index is 385. The Morgan fingerprint density at radius 3 is 2.80 bits per heavy atom. The number of aromatic nitrogens is 3. The molecule has 0 bridgehead atoms. The minimum Gasteiger partial charge on any atom is -0.369 e. The number of hydrogen-bond donors (Lipinski definition) is 1. The lowest BCUT2D eigenvalue weighted by atomic mass is 10.5. The zero-order chi connectivity index (χ0) is 11.0. The van der Waals surface area contributed by atoms with Crippen molar-refractivity contribution in [2.45, 2.75) is 43.1 Å². The van der Waals surface area contributed by atoms with Crippen molar-refractivity contribution in [3.8, 4) is 0 Å². The van der Waals surface area contributed by atoms with Gasteiger partial charge in [0, 0.05) is 6.04 Å². The number of aryl methyl sites for hydroxylation is 1. The number of thioether (sulfide) groups is 1. The van der Waals surface area contributed by atoms with Gasteiger partial charge in [-0.15, -0.1) is 10.2 Å². The van der Waals surface area contributed by atoms with E-state index in [2.05, 4.69) is 14.8 Å². The molecule has 5 nitrogen and oxygen atoms in total. The SMILES string of the molecule is Cc1nnc(S[C@H](C)C(N)=O)n1C1CC1. The van der Waals surface area contributed by atoms with Crippen LogP contribution in [0.25, 0.3) is 0 Å². The first-order valence-corrected chi connectivity index (χ1v) is 5.85. The molecule has 0 spiro atoms. The molecule has 1 atom stereocenters. The van der Waals surface area contributed by atoms with Crippen LogP contribution in [0.1, 0.15) is 31.6 Å². The first-order chi connectivity index (χ1) is 7.09. The van der Waals surface area contributed by atoms with Crippen LogP contribution in [0.4, 0.5) is 0 Å². The molecule has 1 heterocycles. The highest BCUT2D eigenvalue weighted by Gasteiger charge is 2.29. The number of primary amides is 1. The van der Waals surface area contributed by atoms with Crippen molar-refractivity contribution in [1.82, 2.24) is 14.8 Å². The molecule has 0 radical (unpaired) electrons. The molecular weight excluding hydrogens is 212 g/mol. The van der Waals surface area contributed by atoms with E-state index in [0.717, 1.165) is 11.0 Å². The summed E-state index contributed by atoms with van der Waals surface area (Å²) in [6, 6.07) is 0.530. The molecule has 0 saturated heterocycles. The van der Waals surface area contributed by atoms with Crippen molar-refractivity contribution in [2.24, 2.45) is 5.73 Å². The van der Waals surface area contributed by atoms with Gasteiger partial charge in [-0.2, -0.15) is 0 Å². The Hall–Kier alpha value is -1.04. The summed E-state index contributed by atoms with van der Waals surface area (Å²) < 4.78 is 2.10. The Labute approximate surface area is 92.4 Å². The first-order valence-electron chi connectivity index (χ1n) is 4.97. The lowest BCUT2D eigenvalue weighted by Gasteiger charge is -2.08. The normalized spacial score (nSPS) is 17.7. The zero-order valence-electron chi connectivity index (χ0n) is 8.80. The number of nitrogens with zero attached hydrogens (tertiary/aromatic N) is 3. The highest BCUT2D eigenvalue weighted by Crippen LogP contribution is 2.39. The molecule has 1 fully saturated rings. The van der Waals surface area contributed by atoms with Gasteiger partial charge in [0.25, 0.3) is 0 Å². The van der Waals surface area contributed by atoms with Crippen molar-refractivity contribution in [1.29, 1.82) is 0 Å². The molecule has 6 heteroatoms. The minimum atomic E-state index is -0.317. The van der Waals surface area contributed by atoms with Gasteiger partial charge in [0.15, 0.2) is 5.16 Å². The van der Waals surface area contributed by atoms with Crippen LogP contribution in [-0.2, 0) is 4.79 Å². The molecule has 0 aromatic carbocycles. The summed E-state index contributed by atoms with van der Waals surface area (Å²) in [5, 5.41) is 8.65. The monoisotopic (exact) mass is 226 g/mol. The van der Waals surface area contributed by atoms with E-state index in [9.17, 15) is 4.79 Å². The third-order valence-corrected chi connectivity index (χ3v) is 3.50. The standard InChI is InChI=1S/C9H14N4OS/c1-5(8(10)14)15-9-12-11-6(2)13(9)7-3-4-7/h5,7H,3-4H2,1-2H3,(H2,10,14)/t5-/m1/s1. The van der Waals surface area contributed by atoms with E-state index in [1.807, 2.05) is 6.92 Å². The summed E-state index contributed by atoms with van der Waals surface area (Å²) in [5.41, 5.74) is 5.22. The minimum absolute atomic E-state index is 0.258. The largest absolute Gasteiger partial charge is 0.369 e. The molecule has 2 N–H and O–H groups in total. The number of rotatable bonds is 4. The highest BCUT2D eigenvalue weighted by molar-refractivity contribution is 8.00. The van der Waals surface area contributed by atoms with Gasteiger partial charge in [0.05, 0.1) is 5.25 Å². The molecule has 1 aliphatic rings. The number of nitrogens with two attached hydrogens (primary N) is 1. The molecule has 1 aliphatic carbocycles. The molecular formula is C9H14N4OS. The molecule has 1 saturated carbocycles. The second-order valence-corrected chi connectivity index (χ2v) is 5.10. The van der Waals surface area contributed by atoms with Crippen molar-refractivity contribution < 1.29 is 4.79 Å². The van der Waals surface area contributed by atoms with Crippen LogP contribution in [0, 0.1) is 6.92 Å². The van der Waals surface area contributed by atoms with Gasteiger partial charge in [-0.25, -0.2) is 0 Å². The molecule has 1 aromatic rings. The molecule has 1 aromatic heterocycles. The van der Waals surface area contributed by atoms with E-state index in [0.29, 0.717) is 6.04 Å². The number of hydrogen-bond acceptors (Lipinski definition) is 4. The van der Waals surface area contributed by atoms with Gasteiger partial charge in [0.2, 0.25) is 5.91 Å². The molecule has 15 heavy (non-hydrogen) atoms. The molecule has 0 unspecified atom stereocenters. The van der Waals surface area contributed by atoms with E-state index in [4.69, 9.17) is 5.73 Å². The Morgan fingerprint density at radius 1 is 1.60 bits per heavy atom. The lowest BCUT2D eigenvalue weighted by Crippen LogP contribution is -2.23. The van der Waals surface area contributed by atoms with E-state index in [1.54, 1.807) is 6.92 Å². The van der Waals surface area contributed by atoms with Crippen LogP contribution in [-0.4, -0.2) is 25.9 Å². The van der Waals surface area contributed by atoms with Crippen LogP contribution in [0.2, 0.25) is 0 Å². The van der Waals surface area contributed by atoms with Crippen LogP contribution < -0.4 is 5.73 Å². The van der Waals surface area contributed by atoms with Crippen LogP contribution in [0.15, 0.2) is 5.16 Å². The fourth-order valence-electron chi connectivity index (χ4n) is 1.40. The van der Waals surface area contributed by atoms with Gasteiger partial charge in [-0.3, -0.25) is 4.79 Å². The van der Waals surface area contributed by atoms with E-state index in [1.165, 1.54) is 24.6 Å². The van der Waals surface area contributed by atoms with Gasteiger partial charge in [-0.05, 0) is 26.7 Å². The van der Waals surface area contributed by atoms with Crippen molar-refractivity contribution in [2.75, 3.05) is 0 Å². The molecule has 1 amide bonds. The summed E-state index contributed by atoms with van der Waals surface area (Å²) in [5.74, 6) is 0.597. The summed E-state index contributed by atoms with van der Waals surface area (Å²) in [6.07, 6.45) is 2.36. The maximum atomic E-state index is 11.0. The second kappa shape index (κ2) is 3.84. The number of carbonyl (C=O) groups is 1. The summed E-state index contributed by atoms with van der Waals surface area (Å²) >= 11 is 1.38. The van der Waals surface area contributed by atoms with Crippen LogP contribution >= 0.6 is 11.8 Å². The van der Waals surface area contributed by atoms with Crippen LogP contribution in [0.5, 0.6) is 0 Å². The third kappa shape index (κ3) is 2.14. The third-order valence-electron chi connectivity index (χ3n) is 2.43. The summed E-state index contributed by atoms with van der Waals surface area (Å²) in [4.78, 5) is 11.0. The van der Waals surface area contributed by atoms with Gasteiger partial charge < -0.3 is 10.3 Å². The fourth-order valence-corrected chi connectivity index (χ4v) is 2.31. The average Bonchev–Trinajstić information content (AvgIpc) is 2.93. The van der Waals surface area contributed by atoms with Crippen molar-refractivity contribution in [3.63, 3.8) is 0 Å². The van der Waals surface area contributed by atoms with Crippen LogP contribution in [0.3, 0.4) is 0 Å². The molecule has 0 aliphatic heterocycles. The van der Waals surface area contributed by atoms with E-state index in [-0.39, 0.29) is 11.2 Å². The zero-order valence-corrected chi connectivity index (χ0v) is 9.62. The first kappa shape index (κ1) is 10.5. The smallest absolute Gasteiger partial charge is 0.230 e. The summed E-state index contributed by atoms with van der Waals surface area (Å²) in [6.45, 7) is 3.72. The maximum Gasteiger partial charge on any atom is 0.230 e. The Morgan fingerprint density at radius 2 is 2.27 bits per heavy atom. The quantitative estimate of drug-likeness (QED) is 0.774. The fraction of sp³-hybridized carbons (Fsp3) is 0.667.